The lowest BCUT2D eigenvalue weighted by Gasteiger charge is -2.23. The minimum Gasteiger partial charge on any atom is -0.497 e. The number of hydrogen-bond acceptors (Lipinski definition) is 5. The van der Waals surface area contributed by atoms with Crippen molar-refractivity contribution in [2.24, 2.45) is 0 Å². The molecule has 0 N–H and O–H groups in total. The van der Waals surface area contributed by atoms with Crippen LogP contribution in [0.5, 0.6) is 5.75 Å². The van der Waals surface area contributed by atoms with Crippen LogP contribution in [0.2, 0.25) is 0 Å². The van der Waals surface area contributed by atoms with Crippen LogP contribution < -0.4 is 4.74 Å². The van der Waals surface area contributed by atoms with E-state index in [0.717, 1.165) is 16.5 Å². The van der Waals surface area contributed by atoms with Gasteiger partial charge in [0, 0.05) is 38.4 Å². The summed E-state index contributed by atoms with van der Waals surface area (Å²) in [6.45, 7) is 2.96. The normalized spacial score (nSPS) is 11.9. The van der Waals surface area contributed by atoms with E-state index in [4.69, 9.17) is 9.47 Å². The number of fused-ring (bicyclic) bond motifs is 1. The van der Waals surface area contributed by atoms with Crippen molar-refractivity contribution in [3.05, 3.63) is 65.9 Å². The van der Waals surface area contributed by atoms with Gasteiger partial charge in [0.15, 0.2) is 0 Å². The second kappa shape index (κ2) is 9.35. The molecule has 154 valence electrons. The van der Waals surface area contributed by atoms with Gasteiger partial charge < -0.3 is 9.47 Å². The van der Waals surface area contributed by atoms with Gasteiger partial charge in [-0.3, -0.25) is 4.98 Å². The number of aromatic nitrogens is 1. The average Bonchev–Trinajstić information content (AvgIpc) is 2.72. The summed E-state index contributed by atoms with van der Waals surface area (Å²) in [7, 11) is -0.570. The Balaban J connectivity index is 2.04. The summed E-state index contributed by atoms with van der Waals surface area (Å²) in [4.78, 5) is 4.58. The van der Waals surface area contributed by atoms with Gasteiger partial charge >= 0.3 is 0 Å². The van der Waals surface area contributed by atoms with E-state index in [2.05, 4.69) is 4.98 Å². The van der Waals surface area contributed by atoms with Crippen molar-refractivity contribution < 1.29 is 17.9 Å². The van der Waals surface area contributed by atoms with Crippen LogP contribution in [0.1, 0.15) is 17.5 Å². The monoisotopic (exact) mass is 414 g/mol. The molecule has 0 bridgehead atoms. The molecule has 0 atom stereocenters. The van der Waals surface area contributed by atoms with Gasteiger partial charge in [-0.15, -0.1) is 0 Å². The van der Waals surface area contributed by atoms with Gasteiger partial charge in [-0.1, -0.05) is 18.2 Å². The number of rotatable bonds is 9. The van der Waals surface area contributed by atoms with Crippen molar-refractivity contribution >= 4 is 20.9 Å². The molecule has 0 aliphatic carbocycles. The van der Waals surface area contributed by atoms with Crippen molar-refractivity contribution in [1.82, 2.24) is 9.29 Å². The molecular formula is C22H26N2O4S. The van der Waals surface area contributed by atoms with Crippen LogP contribution >= 0.6 is 0 Å². The molecule has 0 unspecified atom stereocenters. The Labute approximate surface area is 172 Å². The fourth-order valence-electron chi connectivity index (χ4n) is 3.28. The summed E-state index contributed by atoms with van der Waals surface area (Å²) in [6.07, 6.45) is 2.21. The molecule has 0 radical (unpaired) electrons. The van der Waals surface area contributed by atoms with Gasteiger partial charge in [-0.05, 0) is 54.8 Å². The second-order valence-electron chi connectivity index (χ2n) is 6.87. The zero-order valence-corrected chi connectivity index (χ0v) is 17.8. The fourth-order valence-corrected chi connectivity index (χ4v) is 5.00. The third-order valence-electron chi connectivity index (χ3n) is 4.68. The van der Waals surface area contributed by atoms with Crippen LogP contribution in [-0.4, -0.2) is 45.1 Å². The third-order valence-corrected chi connectivity index (χ3v) is 6.54. The Morgan fingerprint density at radius 3 is 2.66 bits per heavy atom. The van der Waals surface area contributed by atoms with Crippen molar-refractivity contribution in [3.8, 4) is 5.75 Å². The highest BCUT2D eigenvalue weighted by Crippen LogP contribution is 2.27. The first-order valence-corrected chi connectivity index (χ1v) is 10.9. The predicted molar refractivity (Wildman–Crippen MR) is 114 cm³/mol. The molecule has 0 amide bonds. The van der Waals surface area contributed by atoms with Crippen LogP contribution in [0.4, 0.5) is 0 Å². The molecule has 0 spiro atoms. The van der Waals surface area contributed by atoms with Crippen LogP contribution in [0, 0.1) is 6.92 Å². The summed E-state index contributed by atoms with van der Waals surface area (Å²) < 4.78 is 39.2. The summed E-state index contributed by atoms with van der Waals surface area (Å²) in [5.74, 6) is 0.694. The Morgan fingerprint density at radius 2 is 1.90 bits per heavy atom. The first-order valence-electron chi connectivity index (χ1n) is 9.43. The maximum atomic E-state index is 13.7. The number of nitrogens with zero attached hydrogens (tertiary/aromatic N) is 2. The summed E-state index contributed by atoms with van der Waals surface area (Å²) in [5, 5.41) is 0.810. The lowest BCUT2D eigenvalue weighted by atomic mass is 10.1. The topological polar surface area (TPSA) is 68.7 Å². The molecule has 0 saturated heterocycles. The fraction of sp³-hybridized carbons (Fsp3) is 0.318. The van der Waals surface area contributed by atoms with Crippen LogP contribution in [-0.2, 0) is 21.3 Å². The molecular weight excluding hydrogens is 388 g/mol. The molecule has 0 saturated carbocycles. The van der Waals surface area contributed by atoms with E-state index in [1.807, 2.05) is 49.4 Å². The quantitative estimate of drug-likeness (QED) is 0.499. The maximum absolute atomic E-state index is 13.7. The highest BCUT2D eigenvalue weighted by atomic mass is 32.2. The van der Waals surface area contributed by atoms with Crippen molar-refractivity contribution in [2.45, 2.75) is 24.8 Å². The lowest BCUT2D eigenvalue weighted by molar-refractivity contribution is 0.186. The minimum absolute atomic E-state index is 0.230. The molecule has 3 aromatic rings. The SMILES string of the molecule is COCCCN(Cc1cccc(OC)c1)S(=O)(=O)c1cc(C)cc2cccnc12. The highest BCUT2D eigenvalue weighted by molar-refractivity contribution is 7.89. The Morgan fingerprint density at radius 1 is 1.07 bits per heavy atom. The van der Waals surface area contributed by atoms with E-state index >= 15 is 0 Å². The molecule has 7 heteroatoms. The smallest absolute Gasteiger partial charge is 0.245 e. The molecule has 0 aliphatic rings. The number of ether oxygens (including phenoxy) is 2. The number of aryl methyl sites for hydroxylation is 1. The molecule has 0 aliphatic heterocycles. The van der Waals surface area contributed by atoms with Crippen LogP contribution in [0.25, 0.3) is 10.9 Å². The van der Waals surface area contributed by atoms with E-state index < -0.39 is 10.0 Å². The van der Waals surface area contributed by atoms with Crippen LogP contribution in [0.15, 0.2) is 59.6 Å². The maximum Gasteiger partial charge on any atom is 0.245 e. The largest absolute Gasteiger partial charge is 0.497 e. The molecule has 0 fully saturated rings. The summed E-state index contributed by atoms with van der Waals surface area (Å²) >= 11 is 0. The molecule has 1 aromatic heterocycles. The van der Waals surface area contributed by atoms with Crippen LogP contribution in [0.3, 0.4) is 0 Å². The van der Waals surface area contributed by atoms with E-state index in [-0.39, 0.29) is 11.4 Å². The first-order chi connectivity index (χ1) is 14.0. The first kappa shape index (κ1) is 21.2. The standard InChI is InChI=1S/C22H26N2O4S/c1-17-13-19-8-5-10-23-22(19)21(14-17)29(25,26)24(11-6-12-27-2)16-18-7-4-9-20(15-18)28-3/h4-5,7-10,13-15H,6,11-12,16H2,1-3H3. The summed E-state index contributed by atoms with van der Waals surface area (Å²) in [6, 6.07) is 14.8. The summed E-state index contributed by atoms with van der Waals surface area (Å²) in [5.41, 5.74) is 2.22. The minimum atomic E-state index is -3.77. The molecule has 2 aromatic carbocycles. The van der Waals surface area contributed by atoms with Crippen molar-refractivity contribution in [3.63, 3.8) is 0 Å². The average molecular weight is 415 g/mol. The number of methoxy groups -OCH3 is 2. The third kappa shape index (κ3) is 4.93. The Hall–Kier alpha value is -2.48. The highest BCUT2D eigenvalue weighted by Gasteiger charge is 2.27. The number of benzene rings is 2. The molecule has 1 heterocycles. The molecule has 3 rings (SSSR count). The van der Waals surface area contributed by atoms with Crippen molar-refractivity contribution in [2.75, 3.05) is 27.4 Å². The van der Waals surface area contributed by atoms with Gasteiger partial charge in [0.05, 0.1) is 12.6 Å². The van der Waals surface area contributed by atoms with Gasteiger partial charge in [0.1, 0.15) is 10.6 Å². The number of sulfonamides is 1. The second-order valence-corrected chi connectivity index (χ2v) is 8.78. The van der Waals surface area contributed by atoms with Gasteiger partial charge in [0.2, 0.25) is 10.0 Å². The molecule has 29 heavy (non-hydrogen) atoms. The lowest BCUT2D eigenvalue weighted by Crippen LogP contribution is -2.32. The van der Waals surface area contributed by atoms with Gasteiger partial charge in [0.25, 0.3) is 0 Å². The molecule has 6 nitrogen and oxygen atoms in total. The zero-order chi connectivity index (χ0) is 20.9. The Kier molecular flexibility index (Phi) is 6.84. The number of hydrogen-bond donors (Lipinski definition) is 0. The van der Waals surface area contributed by atoms with E-state index in [0.29, 0.717) is 30.8 Å². The van der Waals surface area contributed by atoms with Gasteiger partial charge in [-0.2, -0.15) is 4.31 Å². The Bertz CT molecular complexity index is 1080. The zero-order valence-electron chi connectivity index (χ0n) is 17.0. The van der Waals surface area contributed by atoms with E-state index in [1.165, 1.54) is 4.31 Å². The van der Waals surface area contributed by atoms with Crippen molar-refractivity contribution in [1.29, 1.82) is 0 Å². The number of pyridine rings is 1. The predicted octanol–water partition coefficient (Wildman–Crippen LogP) is 3.78. The van der Waals surface area contributed by atoms with Gasteiger partial charge in [-0.25, -0.2) is 8.42 Å². The van der Waals surface area contributed by atoms with E-state index in [9.17, 15) is 8.42 Å². The van der Waals surface area contributed by atoms with E-state index in [1.54, 1.807) is 26.5 Å².